The third-order valence-electron chi connectivity index (χ3n) is 3.69. The van der Waals surface area contributed by atoms with E-state index < -0.39 is 0 Å². The lowest BCUT2D eigenvalue weighted by atomic mass is 10.2. The predicted molar refractivity (Wildman–Crippen MR) is 83.1 cm³/mol. The van der Waals surface area contributed by atoms with Crippen LogP contribution in [0.15, 0.2) is 30.3 Å². The van der Waals surface area contributed by atoms with Crippen molar-refractivity contribution in [1.29, 1.82) is 0 Å². The van der Waals surface area contributed by atoms with Crippen LogP contribution in [-0.4, -0.2) is 19.6 Å². The number of thiophene rings is 1. The van der Waals surface area contributed by atoms with Crippen molar-refractivity contribution in [1.82, 2.24) is 5.32 Å². The Balaban J connectivity index is 1.49. The lowest BCUT2D eigenvalue weighted by Gasteiger charge is -2.19. The van der Waals surface area contributed by atoms with Gasteiger partial charge in [-0.05, 0) is 43.2 Å². The summed E-state index contributed by atoms with van der Waals surface area (Å²) in [6.07, 6.45) is 1.03. The third-order valence-corrected chi connectivity index (χ3v) is 4.69. The molecule has 0 atom stereocenters. The molecule has 0 radical (unpaired) electrons. The Morgan fingerprint density at radius 2 is 2.20 bits per heavy atom. The van der Waals surface area contributed by atoms with Gasteiger partial charge in [0.1, 0.15) is 5.82 Å². The molecule has 0 bridgehead atoms. The highest BCUT2D eigenvalue weighted by molar-refractivity contribution is 7.11. The summed E-state index contributed by atoms with van der Waals surface area (Å²) in [5.74, 6) is -0.141. The Morgan fingerprint density at radius 1 is 1.30 bits per heavy atom. The first-order valence-electron chi connectivity index (χ1n) is 7.02. The molecule has 106 valence electrons. The van der Waals surface area contributed by atoms with E-state index in [1.54, 1.807) is 12.1 Å². The average Bonchev–Trinajstić information content (AvgIpc) is 3.01. The molecular weight excluding hydrogens is 271 g/mol. The minimum atomic E-state index is -0.141. The van der Waals surface area contributed by atoms with Crippen LogP contribution in [-0.2, 0) is 13.0 Å². The molecule has 0 saturated heterocycles. The molecule has 1 aliphatic rings. The maximum Gasteiger partial charge on any atom is 0.125 e. The van der Waals surface area contributed by atoms with Gasteiger partial charge >= 0.3 is 0 Å². The molecule has 0 spiro atoms. The number of rotatable bonds is 5. The summed E-state index contributed by atoms with van der Waals surface area (Å²) >= 11 is 1.84. The second-order valence-electron chi connectivity index (χ2n) is 5.20. The van der Waals surface area contributed by atoms with Crippen molar-refractivity contribution in [3.63, 3.8) is 0 Å². The van der Waals surface area contributed by atoms with Crippen LogP contribution < -0.4 is 10.2 Å². The Labute approximate surface area is 123 Å². The van der Waals surface area contributed by atoms with Crippen molar-refractivity contribution in [3.8, 4) is 0 Å². The highest BCUT2D eigenvalue weighted by Gasteiger charge is 2.18. The van der Waals surface area contributed by atoms with Gasteiger partial charge in [0.15, 0.2) is 0 Å². The van der Waals surface area contributed by atoms with E-state index in [1.165, 1.54) is 15.3 Å². The molecule has 20 heavy (non-hydrogen) atoms. The van der Waals surface area contributed by atoms with E-state index in [4.69, 9.17) is 0 Å². The molecular formula is C16H19FN2S. The smallest absolute Gasteiger partial charge is 0.125 e. The molecule has 3 rings (SSSR count). The maximum absolute atomic E-state index is 13.3. The Bertz CT molecular complexity index is 594. The van der Waals surface area contributed by atoms with Gasteiger partial charge < -0.3 is 10.2 Å². The molecule has 0 fully saturated rings. The maximum atomic E-state index is 13.3. The largest absolute Gasteiger partial charge is 0.370 e. The first kappa shape index (κ1) is 13.6. The first-order chi connectivity index (χ1) is 9.72. The van der Waals surface area contributed by atoms with E-state index >= 15 is 0 Å². The second-order valence-corrected chi connectivity index (χ2v) is 6.57. The van der Waals surface area contributed by atoms with Gasteiger partial charge in [-0.1, -0.05) is 6.07 Å². The molecule has 0 unspecified atom stereocenters. The minimum Gasteiger partial charge on any atom is -0.370 e. The molecule has 1 aliphatic heterocycles. The summed E-state index contributed by atoms with van der Waals surface area (Å²) in [5, 5.41) is 3.46. The molecule has 2 heterocycles. The van der Waals surface area contributed by atoms with Gasteiger partial charge in [-0.3, -0.25) is 0 Å². The number of nitrogens with zero attached hydrogens (tertiary/aromatic N) is 1. The van der Waals surface area contributed by atoms with Crippen molar-refractivity contribution in [2.45, 2.75) is 19.9 Å². The molecule has 1 aromatic carbocycles. The Kier molecular flexibility index (Phi) is 4.03. The van der Waals surface area contributed by atoms with Crippen molar-refractivity contribution in [3.05, 3.63) is 51.5 Å². The fourth-order valence-corrected chi connectivity index (χ4v) is 3.52. The van der Waals surface area contributed by atoms with Crippen molar-refractivity contribution < 1.29 is 4.39 Å². The molecule has 0 saturated carbocycles. The number of benzene rings is 1. The zero-order chi connectivity index (χ0) is 13.9. The van der Waals surface area contributed by atoms with E-state index in [0.717, 1.165) is 38.3 Å². The monoisotopic (exact) mass is 290 g/mol. The number of fused-ring (bicyclic) bond motifs is 1. The zero-order valence-electron chi connectivity index (χ0n) is 11.7. The van der Waals surface area contributed by atoms with Gasteiger partial charge in [-0.2, -0.15) is 0 Å². The summed E-state index contributed by atoms with van der Waals surface area (Å²) in [5.41, 5.74) is 2.33. The minimum absolute atomic E-state index is 0.141. The predicted octanol–water partition coefficient (Wildman–Crippen LogP) is 3.35. The summed E-state index contributed by atoms with van der Waals surface area (Å²) in [6, 6.07) is 9.45. The summed E-state index contributed by atoms with van der Waals surface area (Å²) in [4.78, 5) is 4.99. The van der Waals surface area contributed by atoms with E-state index in [9.17, 15) is 4.39 Å². The Hall–Kier alpha value is -1.39. The summed E-state index contributed by atoms with van der Waals surface area (Å²) < 4.78 is 13.3. The number of hydrogen-bond acceptors (Lipinski definition) is 3. The van der Waals surface area contributed by atoms with Crippen LogP contribution in [0, 0.1) is 12.7 Å². The van der Waals surface area contributed by atoms with Gasteiger partial charge in [0.2, 0.25) is 0 Å². The third kappa shape index (κ3) is 3.02. The van der Waals surface area contributed by atoms with Crippen molar-refractivity contribution >= 4 is 17.0 Å². The van der Waals surface area contributed by atoms with Crippen molar-refractivity contribution in [2.75, 3.05) is 24.5 Å². The fourth-order valence-electron chi connectivity index (χ4n) is 2.66. The normalized spacial score (nSPS) is 13.8. The van der Waals surface area contributed by atoms with Crippen LogP contribution in [0.4, 0.5) is 10.1 Å². The number of nitrogens with one attached hydrogen (secondary N) is 1. The number of anilines is 1. The highest BCUT2D eigenvalue weighted by Crippen LogP contribution is 2.28. The van der Waals surface area contributed by atoms with Crippen LogP contribution in [0.3, 0.4) is 0 Å². The lowest BCUT2D eigenvalue weighted by Crippen LogP contribution is -2.30. The first-order valence-corrected chi connectivity index (χ1v) is 7.83. The van der Waals surface area contributed by atoms with Crippen LogP contribution in [0.2, 0.25) is 0 Å². The topological polar surface area (TPSA) is 15.3 Å². The SMILES string of the molecule is Cc1ccc(CNCCN2CCc3ccc(F)cc32)s1. The average molecular weight is 290 g/mol. The van der Waals surface area contributed by atoms with E-state index in [1.807, 2.05) is 17.4 Å². The molecule has 0 aliphatic carbocycles. The lowest BCUT2D eigenvalue weighted by molar-refractivity contribution is 0.626. The van der Waals surface area contributed by atoms with Crippen LogP contribution in [0.1, 0.15) is 15.3 Å². The fraction of sp³-hybridized carbons (Fsp3) is 0.375. The number of hydrogen-bond donors (Lipinski definition) is 1. The molecule has 4 heteroatoms. The van der Waals surface area contributed by atoms with Gasteiger partial charge in [0, 0.05) is 41.6 Å². The molecule has 0 amide bonds. The van der Waals surface area contributed by atoms with E-state index in [2.05, 4.69) is 29.3 Å². The van der Waals surface area contributed by atoms with Crippen LogP contribution in [0.25, 0.3) is 0 Å². The summed E-state index contributed by atoms with van der Waals surface area (Å²) in [7, 11) is 0. The van der Waals surface area contributed by atoms with Crippen LogP contribution >= 0.6 is 11.3 Å². The second kappa shape index (κ2) is 5.94. The molecule has 2 nitrogen and oxygen atoms in total. The standard InChI is InChI=1S/C16H19FN2S/c1-12-2-5-15(20-12)11-18-7-9-19-8-6-13-3-4-14(17)10-16(13)19/h2-5,10,18H,6-9,11H2,1H3. The van der Waals surface area contributed by atoms with Gasteiger partial charge in [0.05, 0.1) is 0 Å². The Morgan fingerprint density at radius 3 is 3.00 bits per heavy atom. The van der Waals surface area contributed by atoms with E-state index in [0.29, 0.717) is 0 Å². The number of aryl methyl sites for hydroxylation is 1. The van der Waals surface area contributed by atoms with Crippen molar-refractivity contribution in [2.24, 2.45) is 0 Å². The van der Waals surface area contributed by atoms with Gasteiger partial charge in [-0.25, -0.2) is 4.39 Å². The van der Waals surface area contributed by atoms with Crippen LogP contribution in [0.5, 0.6) is 0 Å². The van der Waals surface area contributed by atoms with E-state index in [-0.39, 0.29) is 5.82 Å². The molecule has 1 aromatic heterocycles. The number of halogens is 1. The quantitative estimate of drug-likeness (QED) is 0.850. The zero-order valence-corrected chi connectivity index (χ0v) is 12.5. The molecule has 2 aromatic rings. The highest BCUT2D eigenvalue weighted by atomic mass is 32.1. The summed E-state index contributed by atoms with van der Waals surface area (Å²) in [6.45, 7) is 5.90. The van der Waals surface area contributed by atoms with Gasteiger partial charge in [0.25, 0.3) is 0 Å². The van der Waals surface area contributed by atoms with Gasteiger partial charge in [-0.15, -0.1) is 11.3 Å². The molecule has 1 N–H and O–H groups in total.